The lowest BCUT2D eigenvalue weighted by Gasteiger charge is -2.26. The number of hydrogen-bond acceptors (Lipinski definition) is 2. The standard InChI is InChI=1S/C24H24N2O2/c1-17-6-5-9-20-21(16-25-24(17)20)22(27)10-11-23(28)26-14-12-19(13-15-26)18-7-3-2-4-8-18/h2-9,12,16,25H,10-11,13-15H2,1H3. The average molecular weight is 372 g/mol. The van der Waals surface area contributed by atoms with E-state index in [1.54, 1.807) is 6.20 Å². The average Bonchev–Trinajstić information content (AvgIpc) is 3.18. The third kappa shape index (κ3) is 3.63. The number of carbonyl (C=O) groups is 2. The van der Waals surface area contributed by atoms with E-state index in [9.17, 15) is 9.59 Å². The Morgan fingerprint density at radius 2 is 1.86 bits per heavy atom. The molecule has 2 heterocycles. The molecule has 0 aliphatic carbocycles. The molecule has 0 fully saturated rings. The summed E-state index contributed by atoms with van der Waals surface area (Å²) in [5.74, 6) is 0.0652. The van der Waals surface area contributed by atoms with E-state index in [0.717, 1.165) is 22.9 Å². The summed E-state index contributed by atoms with van der Waals surface area (Å²) in [6, 6.07) is 16.2. The van der Waals surface area contributed by atoms with E-state index in [0.29, 0.717) is 18.7 Å². The predicted molar refractivity (Wildman–Crippen MR) is 112 cm³/mol. The maximum atomic E-state index is 12.7. The molecule has 1 aliphatic heterocycles. The van der Waals surface area contributed by atoms with Gasteiger partial charge < -0.3 is 9.88 Å². The maximum absolute atomic E-state index is 12.7. The summed E-state index contributed by atoms with van der Waals surface area (Å²) in [5.41, 5.74) is 5.29. The first-order valence-corrected chi connectivity index (χ1v) is 9.75. The van der Waals surface area contributed by atoms with Gasteiger partial charge in [0.2, 0.25) is 5.91 Å². The molecule has 0 radical (unpaired) electrons. The zero-order chi connectivity index (χ0) is 19.5. The van der Waals surface area contributed by atoms with Crippen molar-refractivity contribution in [3.8, 4) is 0 Å². The van der Waals surface area contributed by atoms with Crippen molar-refractivity contribution in [2.45, 2.75) is 26.2 Å². The van der Waals surface area contributed by atoms with Crippen LogP contribution in [0.4, 0.5) is 0 Å². The first-order chi connectivity index (χ1) is 13.6. The van der Waals surface area contributed by atoms with Gasteiger partial charge in [0, 0.05) is 48.6 Å². The van der Waals surface area contributed by atoms with Crippen LogP contribution in [0, 0.1) is 6.92 Å². The summed E-state index contributed by atoms with van der Waals surface area (Å²) in [5, 5.41) is 0.936. The van der Waals surface area contributed by atoms with Gasteiger partial charge in [-0.2, -0.15) is 0 Å². The van der Waals surface area contributed by atoms with E-state index in [1.807, 2.05) is 48.2 Å². The van der Waals surface area contributed by atoms with Crippen molar-refractivity contribution in [2.24, 2.45) is 0 Å². The Labute approximate surface area is 164 Å². The van der Waals surface area contributed by atoms with Gasteiger partial charge in [0.05, 0.1) is 0 Å². The van der Waals surface area contributed by atoms with Crippen LogP contribution in [-0.2, 0) is 4.79 Å². The van der Waals surface area contributed by atoms with Crippen LogP contribution >= 0.6 is 0 Å². The lowest BCUT2D eigenvalue weighted by Crippen LogP contribution is -2.34. The van der Waals surface area contributed by atoms with E-state index in [1.165, 1.54) is 11.1 Å². The molecule has 0 spiro atoms. The number of Topliss-reactive ketones (excluding diaryl/α,β-unsaturated/α-hetero) is 1. The quantitative estimate of drug-likeness (QED) is 0.657. The number of amides is 1. The summed E-state index contributed by atoms with van der Waals surface area (Å²) in [7, 11) is 0. The molecule has 3 aromatic rings. The molecular weight excluding hydrogens is 348 g/mol. The van der Waals surface area contributed by atoms with Gasteiger partial charge >= 0.3 is 0 Å². The van der Waals surface area contributed by atoms with Gasteiger partial charge in [-0.25, -0.2) is 0 Å². The predicted octanol–water partition coefficient (Wildman–Crippen LogP) is 4.76. The zero-order valence-corrected chi connectivity index (χ0v) is 16.1. The molecule has 4 nitrogen and oxygen atoms in total. The van der Waals surface area contributed by atoms with Gasteiger partial charge in [-0.3, -0.25) is 9.59 Å². The number of aromatic amines is 1. The highest BCUT2D eigenvalue weighted by Crippen LogP contribution is 2.24. The first kappa shape index (κ1) is 18.2. The Kier molecular flexibility index (Phi) is 5.11. The molecular formula is C24H24N2O2. The lowest BCUT2D eigenvalue weighted by molar-refractivity contribution is -0.130. The molecule has 0 saturated carbocycles. The number of nitrogens with zero attached hydrogens (tertiary/aromatic N) is 1. The summed E-state index contributed by atoms with van der Waals surface area (Å²) < 4.78 is 0. The number of rotatable bonds is 5. The Morgan fingerprint density at radius 1 is 1.04 bits per heavy atom. The van der Waals surface area contributed by atoms with Gasteiger partial charge in [0.25, 0.3) is 0 Å². The van der Waals surface area contributed by atoms with Crippen LogP contribution in [-0.4, -0.2) is 34.7 Å². The van der Waals surface area contributed by atoms with Crippen LogP contribution in [0.2, 0.25) is 0 Å². The van der Waals surface area contributed by atoms with Crippen molar-refractivity contribution >= 4 is 28.2 Å². The van der Waals surface area contributed by atoms with E-state index in [2.05, 4.69) is 23.2 Å². The van der Waals surface area contributed by atoms with Gasteiger partial charge in [-0.05, 0) is 30.0 Å². The first-order valence-electron chi connectivity index (χ1n) is 9.75. The molecule has 0 bridgehead atoms. The van der Waals surface area contributed by atoms with Crippen molar-refractivity contribution in [2.75, 3.05) is 13.1 Å². The molecule has 28 heavy (non-hydrogen) atoms. The molecule has 142 valence electrons. The van der Waals surface area contributed by atoms with Crippen molar-refractivity contribution in [3.63, 3.8) is 0 Å². The zero-order valence-electron chi connectivity index (χ0n) is 16.1. The van der Waals surface area contributed by atoms with Crippen molar-refractivity contribution in [1.29, 1.82) is 0 Å². The third-order valence-corrected chi connectivity index (χ3v) is 5.50. The second kappa shape index (κ2) is 7.85. The summed E-state index contributed by atoms with van der Waals surface area (Å²) in [6.45, 7) is 3.34. The van der Waals surface area contributed by atoms with E-state index < -0.39 is 0 Å². The minimum Gasteiger partial charge on any atom is -0.360 e. The van der Waals surface area contributed by atoms with Crippen molar-refractivity contribution < 1.29 is 9.59 Å². The largest absolute Gasteiger partial charge is 0.360 e. The van der Waals surface area contributed by atoms with Crippen molar-refractivity contribution in [1.82, 2.24) is 9.88 Å². The monoisotopic (exact) mass is 372 g/mol. The van der Waals surface area contributed by atoms with Crippen molar-refractivity contribution in [3.05, 3.63) is 77.5 Å². The summed E-state index contributed by atoms with van der Waals surface area (Å²) in [4.78, 5) is 30.3. The fourth-order valence-corrected chi connectivity index (χ4v) is 3.86. The van der Waals surface area contributed by atoms with E-state index >= 15 is 0 Å². The Hall–Kier alpha value is -3.14. The highest BCUT2D eigenvalue weighted by molar-refractivity contribution is 6.09. The van der Waals surface area contributed by atoms with Crippen LogP contribution in [0.5, 0.6) is 0 Å². The minimum absolute atomic E-state index is 0.0164. The number of aryl methyl sites for hydroxylation is 1. The van der Waals surface area contributed by atoms with Crippen LogP contribution in [0.15, 0.2) is 60.8 Å². The molecule has 0 saturated heterocycles. The number of hydrogen-bond donors (Lipinski definition) is 1. The van der Waals surface area contributed by atoms with Gasteiger partial charge in [-0.15, -0.1) is 0 Å². The number of ketones is 1. The highest BCUT2D eigenvalue weighted by atomic mass is 16.2. The molecule has 1 N–H and O–H groups in total. The smallest absolute Gasteiger partial charge is 0.223 e. The number of para-hydroxylation sites is 1. The molecule has 0 unspecified atom stereocenters. The van der Waals surface area contributed by atoms with E-state index in [4.69, 9.17) is 0 Å². The summed E-state index contributed by atoms with van der Waals surface area (Å²) >= 11 is 0. The fraction of sp³-hybridized carbons (Fsp3) is 0.250. The molecule has 1 aromatic heterocycles. The van der Waals surface area contributed by atoms with E-state index in [-0.39, 0.29) is 24.5 Å². The second-order valence-electron chi connectivity index (χ2n) is 7.31. The normalized spacial score (nSPS) is 14.2. The fourth-order valence-electron chi connectivity index (χ4n) is 3.86. The third-order valence-electron chi connectivity index (χ3n) is 5.50. The SMILES string of the molecule is Cc1cccc2c(C(=O)CCC(=O)N3CC=C(c4ccccc4)CC3)c[nH]c12. The minimum atomic E-state index is 0.0164. The molecule has 1 amide bonds. The van der Waals surface area contributed by atoms with Gasteiger partial charge in [-0.1, -0.05) is 54.6 Å². The number of fused-ring (bicyclic) bond motifs is 1. The second-order valence-corrected chi connectivity index (χ2v) is 7.31. The van der Waals surface area contributed by atoms with Gasteiger partial charge in [0.1, 0.15) is 0 Å². The Bertz CT molecular complexity index is 1050. The number of nitrogens with one attached hydrogen (secondary N) is 1. The highest BCUT2D eigenvalue weighted by Gasteiger charge is 2.20. The topological polar surface area (TPSA) is 53.2 Å². The van der Waals surface area contributed by atoms with Crippen LogP contribution in [0.3, 0.4) is 0 Å². The number of carbonyl (C=O) groups excluding carboxylic acids is 2. The maximum Gasteiger partial charge on any atom is 0.223 e. The van der Waals surface area contributed by atoms with Crippen LogP contribution < -0.4 is 0 Å². The molecule has 4 rings (SSSR count). The lowest BCUT2D eigenvalue weighted by atomic mass is 9.99. The summed E-state index contributed by atoms with van der Waals surface area (Å²) in [6.07, 6.45) is 5.24. The Morgan fingerprint density at radius 3 is 2.61 bits per heavy atom. The molecule has 0 atom stereocenters. The van der Waals surface area contributed by atoms with Crippen LogP contribution in [0.25, 0.3) is 16.5 Å². The molecule has 4 heteroatoms. The Balaban J connectivity index is 1.36. The van der Waals surface area contributed by atoms with Gasteiger partial charge in [0.15, 0.2) is 5.78 Å². The number of benzene rings is 2. The number of aromatic nitrogens is 1. The number of H-pyrrole nitrogens is 1. The molecule has 2 aromatic carbocycles. The van der Waals surface area contributed by atoms with Crippen LogP contribution in [0.1, 0.15) is 40.7 Å². The molecule has 1 aliphatic rings.